The van der Waals surface area contributed by atoms with Crippen LogP contribution in [0.1, 0.15) is 96.4 Å². The Hall–Kier alpha value is -6.36. The number of aliphatic hydroxyl groups excluding tert-OH is 1. The van der Waals surface area contributed by atoms with Crippen molar-refractivity contribution in [1.82, 2.24) is 36.3 Å². The second-order valence-electron chi connectivity index (χ2n) is 20.3. The van der Waals surface area contributed by atoms with Crippen molar-refractivity contribution in [3.63, 3.8) is 0 Å². The molecule has 0 radical (unpaired) electrons. The summed E-state index contributed by atoms with van der Waals surface area (Å²) < 4.78 is 9.54. The number of hydrogen-bond acceptors (Lipinski definition) is 11. The Balaban J connectivity index is 0.000000453. The first-order chi connectivity index (χ1) is 33.6. The molecule has 6 N–H and O–H groups in total. The number of likely N-dealkylation sites (tertiary alicyclic amines) is 1. The average molecular weight is 979 g/mol. The maximum Gasteiger partial charge on any atom is 0.407 e. The second kappa shape index (κ2) is 27.3. The quantitative estimate of drug-likeness (QED) is 0.0533. The molecule has 0 spiro atoms. The Bertz CT molecular complexity index is 2300. The van der Waals surface area contributed by atoms with E-state index in [1.165, 1.54) is 20.6 Å². The maximum absolute atomic E-state index is 13.8. The van der Waals surface area contributed by atoms with Crippen LogP contribution in [0.4, 0.5) is 15.3 Å². The highest BCUT2D eigenvalue weighted by Crippen LogP contribution is 2.25. The minimum Gasteiger partial charge on any atom is -0.453 e. The lowest BCUT2D eigenvalue weighted by Gasteiger charge is -2.35. The summed E-state index contributed by atoms with van der Waals surface area (Å²) in [6.45, 7) is 19.2. The monoisotopic (exact) mass is 979 g/mol. The third-order valence-electron chi connectivity index (χ3n) is 12.4. The lowest BCUT2D eigenvalue weighted by molar-refractivity contribution is -0.132. The van der Waals surface area contributed by atoms with Crippen LogP contribution in [0, 0.1) is 24.7 Å². The van der Waals surface area contributed by atoms with Gasteiger partial charge in [0.15, 0.2) is 0 Å². The third kappa shape index (κ3) is 18.1. The van der Waals surface area contributed by atoms with E-state index in [2.05, 4.69) is 43.5 Å². The van der Waals surface area contributed by atoms with Crippen molar-refractivity contribution < 1.29 is 38.6 Å². The van der Waals surface area contributed by atoms with Crippen LogP contribution in [0.15, 0.2) is 97.2 Å². The van der Waals surface area contributed by atoms with Crippen LogP contribution in [0.2, 0.25) is 0 Å². The fourth-order valence-corrected chi connectivity index (χ4v) is 8.44. The average Bonchev–Trinajstić information content (AvgIpc) is 3.33. The third-order valence-corrected chi connectivity index (χ3v) is 12.4. The smallest absolute Gasteiger partial charge is 0.407 e. The minimum atomic E-state index is -1.22. The van der Waals surface area contributed by atoms with E-state index in [9.17, 15) is 29.1 Å². The van der Waals surface area contributed by atoms with Crippen LogP contribution in [0.3, 0.4) is 0 Å². The number of methoxy groups -OCH3 is 2. The van der Waals surface area contributed by atoms with E-state index in [0.717, 1.165) is 71.6 Å². The molecule has 0 saturated carbocycles. The van der Waals surface area contributed by atoms with E-state index >= 15 is 0 Å². The number of nitrogens with one attached hydrogen (secondary N) is 5. The number of pyridine rings is 1. The molecule has 1 aromatic heterocycles. The molecular formula is C55H78N8O8. The molecule has 4 aromatic rings. The van der Waals surface area contributed by atoms with Crippen molar-refractivity contribution in [2.75, 3.05) is 39.2 Å². The molecule has 1 aliphatic heterocycles. The van der Waals surface area contributed by atoms with E-state index in [4.69, 9.17) is 9.47 Å². The summed E-state index contributed by atoms with van der Waals surface area (Å²) in [4.78, 5) is 71.3. The van der Waals surface area contributed by atoms with Gasteiger partial charge in [0.1, 0.15) is 12.1 Å². The Morgan fingerprint density at radius 3 is 1.89 bits per heavy atom. The second-order valence-corrected chi connectivity index (χ2v) is 20.3. The van der Waals surface area contributed by atoms with Gasteiger partial charge in [-0.1, -0.05) is 134 Å². The largest absolute Gasteiger partial charge is 0.453 e. The highest BCUT2D eigenvalue weighted by Gasteiger charge is 2.37. The van der Waals surface area contributed by atoms with E-state index in [1.807, 2.05) is 126 Å². The van der Waals surface area contributed by atoms with Crippen LogP contribution in [-0.2, 0) is 36.8 Å². The highest BCUT2D eigenvalue weighted by molar-refractivity contribution is 5.96. The predicted octanol–water partition coefficient (Wildman–Crippen LogP) is 7.72. The lowest BCUT2D eigenvalue weighted by atomic mass is 9.85. The number of para-hydroxylation sites is 1. The fraction of sp³-hybridized carbons (Fsp3) is 0.491. The summed E-state index contributed by atoms with van der Waals surface area (Å²) in [7, 11) is 2.44. The molecule has 0 unspecified atom stereocenters. The van der Waals surface area contributed by atoms with Crippen LogP contribution >= 0.6 is 0 Å². The van der Waals surface area contributed by atoms with Gasteiger partial charge < -0.3 is 35.8 Å². The van der Waals surface area contributed by atoms with E-state index in [-0.39, 0.29) is 31.5 Å². The zero-order valence-corrected chi connectivity index (χ0v) is 43.6. The number of hydrazine groups is 1. The van der Waals surface area contributed by atoms with Gasteiger partial charge in [-0.25, -0.2) is 14.6 Å². The minimum absolute atomic E-state index is 0.0442. The van der Waals surface area contributed by atoms with E-state index in [1.54, 1.807) is 32.0 Å². The molecule has 16 nitrogen and oxygen atoms in total. The number of benzene rings is 3. The first-order valence-electron chi connectivity index (χ1n) is 24.5. The molecule has 3 aromatic carbocycles. The number of carbonyl (C=O) groups is 5. The standard InChI is InChI=1S/C38H52N6O7.C17H26N2O/c1-37(2,3)31(41-35(48)50-7)33(46)40-29(22-25-14-10-9-11-15-25)30(45)24-44(43-34(47)32(38(4,5)6)42-36(49)51-8)23-26-17-19-27(20-18-26)28-16-12-13-21-39-28;1-4-11-19-12-6-5-10-15(19)17(20)18-16-13(2)8-7-9-14(16)3/h9-21,29-32,45H,22-24H2,1-8H3,(H,40,46)(H,41,48)(H,42,49)(H,43,47);7-9,15H,4-6,10-12H2,1-3H3,(H,18,20)/t29-,30-,31+,32+;15-/m00/s1. The van der Waals surface area contributed by atoms with Crippen molar-refractivity contribution >= 4 is 35.6 Å². The number of alkyl carbamates (subject to hydrolysis) is 2. The summed E-state index contributed by atoms with van der Waals surface area (Å²) in [6.07, 6.45) is 3.68. The van der Waals surface area contributed by atoms with E-state index < -0.39 is 59.1 Å². The SMILES string of the molecule is CCCN1CCCC[C@H]1C(=O)Nc1c(C)cccc1C.COC(=O)N[C@H](C(=O)N[C@@H](Cc1ccccc1)[C@@H](O)CN(Cc1ccc(-c2ccccn2)cc1)NC(=O)[C@@H](NC(=O)OC)C(C)(C)C)C(C)(C)C. The number of anilines is 1. The molecule has 0 bridgehead atoms. The van der Waals surface area contributed by atoms with Gasteiger partial charge in [0, 0.05) is 30.5 Å². The van der Waals surface area contributed by atoms with Gasteiger partial charge in [0.2, 0.25) is 11.8 Å². The van der Waals surface area contributed by atoms with Crippen LogP contribution in [-0.4, -0.2) is 114 Å². The number of aromatic nitrogens is 1. The van der Waals surface area contributed by atoms with Crippen molar-refractivity contribution in [3.05, 3.63) is 119 Å². The molecule has 386 valence electrons. The van der Waals surface area contributed by atoms with Crippen LogP contribution in [0.25, 0.3) is 11.3 Å². The van der Waals surface area contributed by atoms with Gasteiger partial charge in [0.25, 0.3) is 5.91 Å². The van der Waals surface area contributed by atoms with Crippen LogP contribution in [0.5, 0.6) is 0 Å². The number of aliphatic hydroxyl groups is 1. The normalized spacial score (nSPS) is 15.6. The predicted molar refractivity (Wildman–Crippen MR) is 278 cm³/mol. The summed E-state index contributed by atoms with van der Waals surface area (Å²) in [5, 5.41) is 24.7. The van der Waals surface area contributed by atoms with Gasteiger partial charge in [-0.3, -0.25) is 29.7 Å². The van der Waals surface area contributed by atoms with E-state index in [0.29, 0.717) is 0 Å². The number of carbonyl (C=O) groups excluding carboxylic acids is 5. The van der Waals surface area contributed by atoms with Gasteiger partial charge in [-0.05, 0) is 97.8 Å². The first-order valence-corrected chi connectivity index (χ1v) is 24.5. The number of ether oxygens (including phenoxy) is 2. The number of rotatable bonds is 18. The van der Waals surface area contributed by atoms with Gasteiger partial charge in [-0.15, -0.1) is 0 Å². The topological polar surface area (TPSA) is 204 Å². The first kappa shape index (κ1) is 57.2. The number of amides is 5. The molecule has 5 atom stereocenters. The molecule has 1 fully saturated rings. The molecule has 71 heavy (non-hydrogen) atoms. The summed E-state index contributed by atoms with van der Waals surface area (Å²) in [6, 6.07) is 26.0. The summed E-state index contributed by atoms with van der Waals surface area (Å²) in [5.41, 5.74) is 8.13. The molecule has 16 heteroatoms. The molecule has 1 aliphatic rings. The summed E-state index contributed by atoms with van der Waals surface area (Å²) in [5.74, 6) is -0.872. The number of aryl methyl sites for hydroxylation is 2. The van der Waals surface area contributed by atoms with Crippen molar-refractivity contribution in [2.45, 2.75) is 131 Å². The summed E-state index contributed by atoms with van der Waals surface area (Å²) >= 11 is 0. The Kier molecular flexibility index (Phi) is 22.0. The van der Waals surface area contributed by atoms with Crippen molar-refractivity contribution in [1.29, 1.82) is 0 Å². The number of piperidine rings is 1. The molecule has 5 amide bonds. The number of nitrogens with zero attached hydrogens (tertiary/aromatic N) is 3. The number of hydrogen-bond donors (Lipinski definition) is 6. The zero-order chi connectivity index (χ0) is 52.3. The molecule has 1 saturated heterocycles. The Labute approximate surface area is 421 Å². The van der Waals surface area contributed by atoms with Gasteiger partial charge in [0.05, 0.1) is 38.1 Å². The fourth-order valence-electron chi connectivity index (χ4n) is 8.44. The lowest BCUT2D eigenvalue weighted by Crippen LogP contribution is -2.60. The van der Waals surface area contributed by atoms with Crippen molar-refractivity contribution in [3.8, 4) is 11.3 Å². The highest BCUT2D eigenvalue weighted by atomic mass is 16.5. The zero-order valence-electron chi connectivity index (χ0n) is 43.6. The van der Waals surface area contributed by atoms with Crippen LogP contribution < -0.4 is 26.7 Å². The Morgan fingerprint density at radius 1 is 0.746 bits per heavy atom. The van der Waals surface area contributed by atoms with Gasteiger partial charge in [-0.2, -0.15) is 0 Å². The van der Waals surface area contributed by atoms with Crippen molar-refractivity contribution in [2.24, 2.45) is 10.8 Å². The molecule has 0 aliphatic carbocycles. The maximum atomic E-state index is 13.8. The molecule has 5 rings (SSSR count). The molecular weight excluding hydrogens is 901 g/mol. The Morgan fingerprint density at radius 2 is 1.34 bits per heavy atom. The molecule has 2 heterocycles. The van der Waals surface area contributed by atoms with Gasteiger partial charge >= 0.3 is 12.2 Å².